The van der Waals surface area contributed by atoms with Crippen LogP contribution in [0.2, 0.25) is 0 Å². The molecule has 0 saturated heterocycles. The van der Waals surface area contributed by atoms with Gasteiger partial charge < -0.3 is 9.73 Å². The predicted octanol–water partition coefficient (Wildman–Crippen LogP) is 4.19. The topological polar surface area (TPSA) is 25.2 Å². The molecular formula is C14H15BrFNO. The second kappa shape index (κ2) is 5.67. The Morgan fingerprint density at radius 1 is 1.39 bits per heavy atom. The highest BCUT2D eigenvalue weighted by molar-refractivity contribution is 9.10. The van der Waals surface area contributed by atoms with Gasteiger partial charge in [0.2, 0.25) is 0 Å². The summed E-state index contributed by atoms with van der Waals surface area (Å²) in [6.45, 7) is 4.59. The van der Waals surface area contributed by atoms with Crippen LogP contribution >= 0.6 is 15.9 Å². The minimum absolute atomic E-state index is 0.0707. The van der Waals surface area contributed by atoms with Gasteiger partial charge in [0.05, 0.1) is 16.8 Å². The molecule has 0 amide bonds. The quantitative estimate of drug-likeness (QED) is 0.916. The van der Waals surface area contributed by atoms with Crippen LogP contribution in [-0.4, -0.2) is 6.54 Å². The van der Waals surface area contributed by atoms with E-state index < -0.39 is 0 Å². The van der Waals surface area contributed by atoms with E-state index in [1.807, 2.05) is 19.1 Å². The molecule has 0 spiro atoms. The molecule has 2 nitrogen and oxygen atoms in total. The van der Waals surface area contributed by atoms with Gasteiger partial charge >= 0.3 is 0 Å². The normalized spacial score (nSPS) is 12.7. The van der Waals surface area contributed by atoms with Crippen molar-refractivity contribution in [2.24, 2.45) is 0 Å². The minimum atomic E-state index is -0.187. The average Bonchev–Trinajstić information content (AvgIpc) is 2.76. The largest absolute Gasteiger partial charge is 0.466 e. The Balaban J connectivity index is 2.41. The van der Waals surface area contributed by atoms with Crippen molar-refractivity contribution < 1.29 is 8.81 Å². The molecule has 18 heavy (non-hydrogen) atoms. The molecule has 1 aromatic carbocycles. The summed E-state index contributed by atoms with van der Waals surface area (Å²) >= 11 is 3.46. The van der Waals surface area contributed by atoms with Crippen LogP contribution in [0.25, 0.3) is 0 Å². The second-order valence-electron chi connectivity index (χ2n) is 4.13. The van der Waals surface area contributed by atoms with Crippen molar-refractivity contribution in [3.63, 3.8) is 0 Å². The van der Waals surface area contributed by atoms with Gasteiger partial charge in [-0.15, -0.1) is 0 Å². The van der Waals surface area contributed by atoms with E-state index in [1.165, 1.54) is 6.07 Å². The fourth-order valence-electron chi connectivity index (χ4n) is 1.92. The Labute approximate surface area is 114 Å². The van der Waals surface area contributed by atoms with Crippen molar-refractivity contribution in [3.05, 3.63) is 57.7 Å². The van der Waals surface area contributed by atoms with E-state index in [0.717, 1.165) is 22.3 Å². The lowest BCUT2D eigenvalue weighted by Gasteiger charge is -2.17. The molecule has 4 heteroatoms. The number of nitrogens with one attached hydrogen (secondary N) is 1. The molecule has 2 aromatic rings. The van der Waals surface area contributed by atoms with E-state index in [4.69, 9.17) is 4.42 Å². The molecule has 0 aliphatic carbocycles. The summed E-state index contributed by atoms with van der Waals surface area (Å²) in [4.78, 5) is 0. The molecule has 1 unspecified atom stereocenters. The molecule has 1 N–H and O–H groups in total. The van der Waals surface area contributed by atoms with E-state index in [0.29, 0.717) is 5.56 Å². The molecule has 1 aromatic heterocycles. The Kier molecular flexibility index (Phi) is 4.19. The van der Waals surface area contributed by atoms with E-state index >= 15 is 0 Å². The first-order valence-electron chi connectivity index (χ1n) is 5.85. The summed E-state index contributed by atoms with van der Waals surface area (Å²) in [5, 5.41) is 3.34. The highest BCUT2D eigenvalue weighted by Gasteiger charge is 2.19. The van der Waals surface area contributed by atoms with Gasteiger partial charge in [0.15, 0.2) is 0 Å². The van der Waals surface area contributed by atoms with Gasteiger partial charge in [-0.1, -0.05) is 19.1 Å². The van der Waals surface area contributed by atoms with Crippen molar-refractivity contribution in [2.45, 2.75) is 19.9 Å². The highest BCUT2D eigenvalue weighted by Crippen LogP contribution is 2.30. The fraction of sp³-hybridized carbons (Fsp3) is 0.286. The lowest BCUT2D eigenvalue weighted by atomic mass is 10.0. The predicted molar refractivity (Wildman–Crippen MR) is 73.1 cm³/mol. The Morgan fingerprint density at radius 2 is 2.17 bits per heavy atom. The third kappa shape index (κ3) is 2.65. The molecular weight excluding hydrogens is 297 g/mol. The molecule has 1 atom stereocenters. The smallest absolute Gasteiger partial charge is 0.139 e. The minimum Gasteiger partial charge on any atom is -0.466 e. The number of halogens is 2. The first-order chi connectivity index (χ1) is 8.63. The number of rotatable bonds is 4. The summed E-state index contributed by atoms with van der Waals surface area (Å²) in [5.74, 6) is 0.621. The van der Waals surface area contributed by atoms with Gasteiger partial charge in [0.1, 0.15) is 11.6 Å². The molecule has 0 bridgehead atoms. The zero-order chi connectivity index (χ0) is 13.1. The number of hydrogen-bond donors (Lipinski definition) is 1. The van der Waals surface area contributed by atoms with Crippen molar-refractivity contribution in [2.75, 3.05) is 6.54 Å². The van der Waals surface area contributed by atoms with Crippen LogP contribution in [0.15, 0.2) is 39.4 Å². The number of hydrogen-bond acceptors (Lipinski definition) is 2. The zero-order valence-corrected chi connectivity index (χ0v) is 11.9. The lowest BCUT2D eigenvalue weighted by Crippen LogP contribution is -2.22. The third-order valence-electron chi connectivity index (χ3n) is 2.83. The van der Waals surface area contributed by atoms with Gasteiger partial charge in [0, 0.05) is 0 Å². The second-order valence-corrected chi connectivity index (χ2v) is 4.99. The Morgan fingerprint density at radius 3 is 2.72 bits per heavy atom. The van der Waals surface area contributed by atoms with Gasteiger partial charge in [-0.2, -0.15) is 0 Å². The van der Waals surface area contributed by atoms with Crippen LogP contribution in [0.4, 0.5) is 4.39 Å². The fourth-order valence-corrected chi connectivity index (χ4v) is 2.36. The Hall–Kier alpha value is -1.13. The van der Waals surface area contributed by atoms with Crippen molar-refractivity contribution in [3.8, 4) is 0 Å². The number of furan rings is 1. The lowest BCUT2D eigenvalue weighted by molar-refractivity contribution is 0.449. The highest BCUT2D eigenvalue weighted by atomic mass is 79.9. The maximum atomic E-state index is 13.3. The van der Waals surface area contributed by atoms with Crippen LogP contribution in [0.3, 0.4) is 0 Å². The summed E-state index contributed by atoms with van der Waals surface area (Å²) < 4.78 is 19.7. The average molecular weight is 312 g/mol. The summed E-state index contributed by atoms with van der Waals surface area (Å²) in [6, 6.07) is 6.91. The molecule has 1 heterocycles. The maximum Gasteiger partial charge on any atom is 0.139 e. The number of benzene rings is 1. The van der Waals surface area contributed by atoms with Crippen LogP contribution in [0.1, 0.15) is 29.9 Å². The van der Waals surface area contributed by atoms with Gasteiger partial charge in [0.25, 0.3) is 0 Å². The van der Waals surface area contributed by atoms with Gasteiger partial charge in [-0.05, 0) is 52.7 Å². The van der Waals surface area contributed by atoms with Crippen LogP contribution in [-0.2, 0) is 0 Å². The molecule has 0 fully saturated rings. The van der Waals surface area contributed by atoms with E-state index in [9.17, 15) is 4.39 Å². The van der Waals surface area contributed by atoms with Crippen molar-refractivity contribution >= 4 is 15.9 Å². The van der Waals surface area contributed by atoms with Crippen molar-refractivity contribution in [1.29, 1.82) is 0 Å². The van der Waals surface area contributed by atoms with E-state index in [2.05, 4.69) is 21.2 Å². The first-order valence-corrected chi connectivity index (χ1v) is 6.65. The molecule has 0 aliphatic rings. The molecule has 0 aliphatic heterocycles. The van der Waals surface area contributed by atoms with E-state index in [-0.39, 0.29) is 11.9 Å². The molecule has 2 rings (SSSR count). The van der Waals surface area contributed by atoms with Crippen LogP contribution in [0, 0.1) is 12.7 Å². The number of aryl methyl sites for hydroxylation is 1. The summed E-state index contributed by atoms with van der Waals surface area (Å²) in [7, 11) is 0. The standard InChI is InChI=1S/C14H15BrFNO/c1-3-17-13(14-11(15)6-7-18-14)10-4-5-12(16)9(2)8-10/h4-8,13,17H,3H2,1-2H3. The molecule has 0 saturated carbocycles. The summed E-state index contributed by atoms with van der Waals surface area (Å²) in [5.41, 5.74) is 1.63. The first kappa shape index (κ1) is 13.3. The van der Waals surface area contributed by atoms with Crippen LogP contribution in [0.5, 0.6) is 0 Å². The monoisotopic (exact) mass is 311 g/mol. The zero-order valence-electron chi connectivity index (χ0n) is 10.3. The SMILES string of the molecule is CCNC(c1ccc(F)c(C)c1)c1occc1Br. The molecule has 0 radical (unpaired) electrons. The Bertz CT molecular complexity index is 538. The van der Waals surface area contributed by atoms with Gasteiger partial charge in [-0.25, -0.2) is 4.39 Å². The third-order valence-corrected chi connectivity index (χ3v) is 3.49. The summed E-state index contributed by atoms with van der Waals surface area (Å²) in [6.07, 6.45) is 1.64. The molecule has 96 valence electrons. The van der Waals surface area contributed by atoms with Crippen molar-refractivity contribution in [1.82, 2.24) is 5.32 Å². The maximum absolute atomic E-state index is 13.3. The van der Waals surface area contributed by atoms with Gasteiger partial charge in [-0.3, -0.25) is 0 Å². The van der Waals surface area contributed by atoms with E-state index in [1.54, 1.807) is 19.3 Å². The van der Waals surface area contributed by atoms with Crippen LogP contribution < -0.4 is 5.32 Å².